The second-order valence-corrected chi connectivity index (χ2v) is 3.67. The monoisotopic (exact) mass is 216 g/mol. The number of carboxylic acids is 1. The van der Waals surface area contributed by atoms with Gasteiger partial charge >= 0.3 is 5.97 Å². The van der Waals surface area contributed by atoms with Gasteiger partial charge in [0.2, 0.25) is 0 Å². The third kappa shape index (κ3) is 2.11. The van der Waals surface area contributed by atoms with Crippen molar-refractivity contribution in [2.75, 3.05) is 0 Å². The van der Waals surface area contributed by atoms with Crippen LogP contribution < -0.4 is 0 Å². The molecule has 0 bridgehead atoms. The Morgan fingerprint density at radius 2 is 2.31 bits per heavy atom. The summed E-state index contributed by atoms with van der Waals surface area (Å²) in [6.45, 7) is 1.99. The number of carbonyl (C=O) groups is 1. The molecule has 0 saturated heterocycles. The zero-order chi connectivity index (χ0) is 11.5. The summed E-state index contributed by atoms with van der Waals surface area (Å²) in [4.78, 5) is 17.7. The largest absolute Gasteiger partial charge is 0.481 e. The van der Waals surface area contributed by atoms with E-state index in [9.17, 15) is 4.79 Å². The molecule has 1 heterocycles. The van der Waals surface area contributed by atoms with Crippen molar-refractivity contribution < 1.29 is 9.90 Å². The number of carboxylic acid groups (broad SMARTS) is 1. The minimum Gasteiger partial charge on any atom is -0.481 e. The summed E-state index contributed by atoms with van der Waals surface area (Å²) in [5.41, 5.74) is 3.42. The Bertz CT molecular complexity index is 517. The first-order valence-corrected chi connectivity index (χ1v) is 4.98. The van der Waals surface area contributed by atoms with E-state index in [0.717, 1.165) is 11.1 Å². The molecule has 1 aromatic heterocycles. The minimum absolute atomic E-state index is 0.0384. The van der Waals surface area contributed by atoms with Gasteiger partial charge in [0.15, 0.2) is 0 Å². The fourth-order valence-electron chi connectivity index (χ4n) is 1.65. The predicted octanol–water partition coefficient (Wildman–Crippen LogP) is 2.01. The van der Waals surface area contributed by atoms with Crippen LogP contribution in [0.1, 0.15) is 11.3 Å². The number of aryl methyl sites for hydroxylation is 1. The Hall–Kier alpha value is -2.10. The molecule has 2 rings (SSSR count). The third-order valence-electron chi connectivity index (χ3n) is 2.34. The summed E-state index contributed by atoms with van der Waals surface area (Å²) in [6, 6.07) is 7.84. The lowest BCUT2D eigenvalue weighted by molar-refractivity contribution is -0.136. The first kappa shape index (κ1) is 10.4. The normalized spacial score (nSPS) is 10.3. The van der Waals surface area contributed by atoms with Crippen LogP contribution in [0.2, 0.25) is 0 Å². The molecule has 4 heteroatoms. The van der Waals surface area contributed by atoms with E-state index in [1.54, 1.807) is 0 Å². The number of aromatic amines is 1. The van der Waals surface area contributed by atoms with Gasteiger partial charge in [0.1, 0.15) is 0 Å². The van der Waals surface area contributed by atoms with Gasteiger partial charge in [-0.2, -0.15) is 0 Å². The molecule has 0 fully saturated rings. The third-order valence-corrected chi connectivity index (χ3v) is 2.34. The Morgan fingerprint density at radius 1 is 1.50 bits per heavy atom. The lowest BCUT2D eigenvalue weighted by Crippen LogP contribution is -2.01. The van der Waals surface area contributed by atoms with Gasteiger partial charge in [-0.15, -0.1) is 0 Å². The summed E-state index contributed by atoms with van der Waals surface area (Å²) in [5.74, 6) is -0.863. The minimum atomic E-state index is -0.863. The van der Waals surface area contributed by atoms with Crippen LogP contribution in [0.15, 0.2) is 30.6 Å². The van der Waals surface area contributed by atoms with E-state index in [2.05, 4.69) is 9.97 Å². The van der Waals surface area contributed by atoms with Crippen LogP contribution in [-0.2, 0) is 11.2 Å². The van der Waals surface area contributed by atoms with Crippen LogP contribution in [0.5, 0.6) is 0 Å². The quantitative estimate of drug-likeness (QED) is 0.824. The molecule has 82 valence electrons. The molecule has 0 radical (unpaired) electrons. The van der Waals surface area contributed by atoms with E-state index in [0.29, 0.717) is 11.4 Å². The molecule has 0 unspecified atom stereocenters. The molecule has 16 heavy (non-hydrogen) atoms. The molecule has 2 N–H and O–H groups in total. The van der Waals surface area contributed by atoms with Crippen LogP contribution in [0.4, 0.5) is 0 Å². The van der Waals surface area contributed by atoms with Crippen molar-refractivity contribution in [1.82, 2.24) is 9.97 Å². The van der Waals surface area contributed by atoms with E-state index in [1.165, 1.54) is 6.33 Å². The van der Waals surface area contributed by atoms with Crippen molar-refractivity contribution in [2.45, 2.75) is 13.3 Å². The average molecular weight is 216 g/mol. The second kappa shape index (κ2) is 4.18. The lowest BCUT2D eigenvalue weighted by Gasteiger charge is -2.01. The van der Waals surface area contributed by atoms with Gasteiger partial charge in [0, 0.05) is 5.56 Å². The molecular weight excluding hydrogens is 204 g/mol. The van der Waals surface area contributed by atoms with Gasteiger partial charge in [-0.3, -0.25) is 4.79 Å². The fourth-order valence-corrected chi connectivity index (χ4v) is 1.65. The smallest absolute Gasteiger partial charge is 0.309 e. The molecular formula is C12H12N2O2. The lowest BCUT2D eigenvalue weighted by atomic mass is 10.1. The first-order chi connectivity index (χ1) is 7.66. The Balaban J connectivity index is 2.40. The molecule has 0 saturated carbocycles. The number of hydrogen-bond acceptors (Lipinski definition) is 2. The van der Waals surface area contributed by atoms with Crippen molar-refractivity contribution in [3.05, 3.63) is 41.9 Å². The Labute approximate surface area is 93.0 Å². The number of aromatic nitrogens is 2. The van der Waals surface area contributed by atoms with Gasteiger partial charge in [-0.1, -0.05) is 23.8 Å². The van der Waals surface area contributed by atoms with Gasteiger partial charge in [0.25, 0.3) is 0 Å². The van der Waals surface area contributed by atoms with E-state index in [-0.39, 0.29) is 6.42 Å². The topological polar surface area (TPSA) is 66.0 Å². The predicted molar refractivity (Wildman–Crippen MR) is 60.1 cm³/mol. The highest BCUT2D eigenvalue weighted by Crippen LogP contribution is 2.21. The number of H-pyrrole nitrogens is 1. The zero-order valence-corrected chi connectivity index (χ0v) is 8.90. The maximum atomic E-state index is 10.7. The molecule has 0 amide bonds. The van der Waals surface area contributed by atoms with E-state index in [4.69, 9.17) is 5.11 Å². The summed E-state index contributed by atoms with van der Waals surface area (Å²) in [6.07, 6.45) is 1.49. The van der Waals surface area contributed by atoms with Crippen molar-refractivity contribution in [3.8, 4) is 11.3 Å². The Kier molecular flexibility index (Phi) is 2.72. The summed E-state index contributed by atoms with van der Waals surface area (Å²) in [7, 11) is 0. The van der Waals surface area contributed by atoms with Crippen molar-refractivity contribution in [2.24, 2.45) is 0 Å². The van der Waals surface area contributed by atoms with E-state index < -0.39 is 5.97 Å². The summed E-state index contributed by atoms with van der Waals surface area (Å²) in [5, 5.41) is 8.76. The first-order valence-electron chi connectivity index (χ1n) is 4.98. The van der Waals surface area contributed by atoms with E-state index >= 15 is 0 Å². The van der Waals surface area contributed by atoms with Gasteiger partial charge in [0.05, 0.1) is 24.1 Å². The molecule has 1 aromatic carbocycles. The fraction of sp³-hybridized carbons (Fsp3) is 0.167. The second-order valence-electron chi connectivity index (χ2n) is 3.67. The van der Waals surface area contributed by atoms with Crippen molar-refractivity contribution >= 4 is 5.97 Å². The van der Waals surface area contributed by atoms with Crippen molar-refractivity contribution in [3.63, 3.8) is 0 Å². The van der Waals surface area contributed by atoms with Gasteiger partial charge in [-0.05, 0) is 13.0 Å². The number of nitrogens with one attached hydrogen (secondary N) is 1. The van der Waals surface area contributed by atoms with Crippen LogP contribution in [0, 0.1) is 6.92 Å². The standard InChI is InChI=1S/C12H12N2O2/c1-8-3-2-4-9(5-8)12-10(6-11(15)16)13-7-14-12/h2-5,7H,6H2,1H3,(H,13,14)(H,15,16). The number of aliphatic carboxylic acids is 1. The highest BCUT2D eigenvalue weighted by molar-refractivity contribution is 5.74. The van der Waals surface area contributed by atoms with Crippen LogP contribution in [-0.4, -0.2) is 21.0 Å². The summed E-state index contributed by atoms with van der Waals surface area (Å²) >= 11 is 0. The molecule has 2 aromatic rings. The summed E-state index contributed by atoms with van der Waals surface area (Å²) < 4.78 is 0. The van der Waals surface area contributed by atoms with Crippen LogP contribution in [0.25, 0.3) is 11.3 Å². The highest BCUT2D eigenvalue weighted by Gasteiger charge is 2.11. The molecule has 4 nitrogen and oxygen atoms in total. The van der Waals surface area contributed by atoms with Gasteiger partial charge < -0.3 is 10.1 Å². The molecule has 0 aliphatic carbocycles. The molecule has 0 aliphatic heterocycles. The molecule has 0 atom stereocenters. The number of rotatable bonds is 3. The van der Waals surface area contributed by atoms with Crippen LogP contribution in [0.3, 0.4) is 0 Å². The zero-order valence-electron chi connectivity index (χ0n) is 8.90. The van der Waals surface area contributed by atoms with Gasteiger partial charge in [-0.25, -0.2) is 4.98 Å². The molecule has 0 aliphatic rings. The maximum absolute atomic E-state index is 10.7. The maximum Gasteiger partial charge on any atom is 0.309 e. The number of imidazole rings is 1. The number of nitrogens with zero attached hydrogens (tertiary/aromatic N) is 1. The average Bonchev–Trinajstić information content (AvgIpc) is 2.65. The Morgan fingerprint density at radius 3 is 3.00 bits per heavy atom. The van der Waals surface area contributed by atoms with Crippen LogP contribution >= 0.6 is 0 Å². The van der Waals surface area contributed by atoms with Crippen molar-refractivity contribution in [1.29, 1.82) is 0 Å². The number of benzene rings is 1. The molecule has 0 spiro atoms. The van der Waals surface area contributed by atoms with E-state index in [1.807, 2.05) is 31.2 Å². The number of hydrogen-bond donors (Lipinski definition) is 2. The highest BCUT2D eigenvalue weighted by atomic mass is 16.4. The SMILES string of the molecule is Cc1cccc(-c2nc[nH]c2CC(=O)O)c1.